The molecule has 5 heterocycles. The Bertz CT molecular complexity index is 1990. The number of allylic oxidation sites excluding steroid dienone is 1. The summed E-state index contributed by atoms with van der Waals surface area (Å²) in [6.45, 7) is 2.04. The van der Waals surface area contributed by atoms with Gasteiger partial charge in [0, 0.05) is 40.7 Å². The van der Waals surface area contributed by atoms with E-state index in [0.717, 1.165) is 34.5 Å². The molecular weight excluding hydrogens is 557 g/mol. The SMILES string of the molecule is Cc1cc2c3ccc[n+]4c3c3c(ccc5oc(n1)c2c53)C/C4=C/c1ccccc1-c1cccc[nH+]1.[I-]. The van der Waals surface area contributed by atoms with Gasteiger partial charge < -0.3 is 28.4 Å². The van der Waals surface area contributed by atoms with Crippen LogP contribution in [-0.2, 0) is 6.42 Å². The van der Waals surface area contributed by atoms with Crippen LogP contribution < -0.4 is 33.5 Å². The molecule has 0 aliphatic carbocycles. The van der Waals surface area contributed by atoms with Crippen molar-refractivity contribution in [3.63, 3.8) is 0 Å². The summed E-state index contributed by atoms with van der Waals surface area (Å²) in [6, 6.07) is 25.7. The number of hydrogen-bond acceptors (Lipinski definition) is 2. The number of H-pyrrole nitrogens is 1. The Labute approximate surface area is 224 Å². The number of aryl methyl sites for hydroxylation is 1. The fourth-order valence-corrected chi connectivity index (χ4v) is 5.88. The van der Waals surface area contributed by atoms with Crippen molar-refractivity contribution >= 4 is 55.5 Å². The number of pyridine rings is 3. The van der Waals surface area contributed by atoms with Gasteiger partial charge in [-0.1, -0.05) is 24.3 Å². The number of fused-ring (bicyclic) bond motifs is 1. The van der Waals surface area contributed by atoms with Crippen molar-refractivity contribution in [3.8, 4) is 11.3 Å². The predicted molar refractivity (Wildman–Crippen MR) is 139 cm³/mol. The van der Waals surface area contributed by atoms with Gasteiger partial charge in [-0.05, 0) is 48.4 Å². The Hall–Kier alpha value is -3.84. The van der Waals surface area contributed by atoms with Gasteiger partial charge in [-0.15, -0.1) is 0 Å². The lowest BCUT2D eigenvalue weighted by atomic mass is 9.90. The van der Waals surface area contributed by atoms with Crippen molar-refractivity contribution < 1.29 is 37.9 Å². The second kappa shape index (κ2) is 7.83. The number of furan rings is 1. The molecule has 0 spiro atoms. The third-order valence-electron chi connectivity index (χ3n) is 7.31. The van der Waals surface area contributed by atoms with Crippen molar-refractivity contribution in [2.24, 2.45) is 0 Å². The highest BCUT2D eigenvalue weighted by Crippen LogP contribution is 2.44. The molecule has 0 amide bonds. The summed E-state index contributed by atoms with van der Waals surface area (Å²) < 4.78 is 8.61. The molecule has 5 heteroatoms. The summed E-state index contributed by atoms with van der Waals surface area (Å²) in [7, 11) is 0. The monoisotopic (exact) mass is 578 g/mol. The normalized spacial score (nSPS) is 14.0. The third kappa shape index (κ3) is 2.89. The smallest absolute Gasteiger partial charge is 0.228 e. The van der Waals surface area contributed by atoms with E-state index in [4.69, 9.17) is 9.40 Å². The molecule has 1 aliphatic heterocycles. The summed E-state index contributed by atoms with van der Waals surface area (Å²) in [5.74, 6) is 0. The Morgan fingerprint density at radius 3 is 2.69 bits per heavy atom. The average Bonchev–Trinajstić information content (AvgIpc) is 3.27. The maximum absolute atomic E-state index is 6.23. The second-order valence-corrected chi connectivity index (χ2v) is 9.38. The van der Waals surface area contributed by atoms with Crippen LogP contribution in [0.1, 0.15) is 16.8 Å². The van der Waals surface area contributed by atoms with Gasteiger partial charge in [-0.3, -0.25) is 0 Å². The largest absolute Gasteiger partial charge is 1.00 e. The number of nitrogens with one attached hydrogen (secondary N) is 1. The first kappa shape index (κ1) is 21.4. The molecule has 36 heavy (non-hydrogen) atoms. The first-order valence-electron chi connectivity index (χ1n) is 11.9. The van der Waals surface area contributed by atoms with Gasteiger partial charge in [-0.25, -0.2) is 9.97 Å². The first-order chi connectivity index (χ1) is 17.3. The summed E-state index contributed by atoms with van der Waals surface area (Å²) >= 11 is 0. The lowest BCUT2D eigenvalue weighted by Crippen LogP contribution is -3.00. The number of hydrogen-bond donors (Lipinski definition) is 0. The maximum Gasteiger partial charge on any atom is 0.228 e. The molecule has 7 aromatic rings. The van der Waals surface area contributed by atoms with Gasteiger partial charge in [0.1, 0.15) is 5.58 Å². The molecule has 172 valence electrons. The maximum atomic E-state index is 6.23. The average molecular weight is 578 g/mol. The highest BCUT2D eigenvalue weighted by molar-refractivity contribution is 6.32. The van der Waals surface area contributed by atoms with Crippen LogP contribution in [0.2, 0.25) is 0 Å². The number of benzene rings is 3. The van der Waals surface area contributed by atoms with E-state index in [1.807, 2.05) is 19.2 Å². The van der Waals surface area contributed by atoms with E-state index in [2.05, 4.69) is 88.6 Å². The van der Waals surface area contributed by atoms with Gasteiger partial charge >= 0.3 is 0 Å². The minimum Gasteiger partial charge on any atom is -1.00 e. The van der Waals surface area contributed by atoms with Gasteiger partial charge in [0.05, 0.1) is 28.1 Å². The Morgan fingerprint density at radius 1 is 0.917 bits per heavy atom. The molecule has 0 unspecified atom stereocenters. The molecule has 0 radical (unpaired) electrons. The molecule has 0 saturated carbocycles. The van der Waals surface area contributed by atoms with Crippen molar-refractivity contribution in [1.29, 1.82) is 0 Å². The number of aromatic nitrogens is 3. The fraction of sp³-hybridized carbons (Fsp3) is 0.0645. The molecule has 1 aliphatic rings. The number of nitrogens with zero attached hydrogens (tertiary/aromatic N) is 2. The predicted octanol–water partition coefficient (Wildman–Crippen LogP) is 3.36. The number of rotatable bonds is 2. The Morgan fingerprint density at radius 2 is 1.81 bits per heavy atom. The number of aromatic amines is 1. The van der Waals surface area contributed by atoms with Gasteiger partial charge in [0.25, 0.3) is 0 Å². The van der Waals surface area contributed by atoms with Crippen LogP contribution >= 0.6 is 0 Å². The third-order valence-corrected chi connectivity index (χ3v) is 7.31. The van der Waals surface area contributed by atoms with Crippen molar-refractivity contribution in [1.82, 2.24) is 4.98 Å². The van der Waals surface area contributed by atoms with E-state index < -0.39 is 0 Å². The lowest BCUT2D eigenvalue weighted by molar-refractivity contribution is -0.553. The van der Waals surface area contributed by atoms with Crippen LogP contribution in [0, 0.1) is 6.92 Å². The van der Waals surface area contributed by atoms with Crippen molar-refractivity contribution in [2.75, 3.05) is 0 Å². The van der Waals surface area contributed by atoms with E-state index in [-0.39, 0.29) is 24.0 Å². The van der Waals surface area contributed by atoms with Gasteiger partial charge in [0.15, 0.2) is 18.1 Å². The van der Waals surface area contributed by atoms with Crippen LogP contribution in [0.3, 0.4) is 0 Å². The standard InChI is InChI=1S/C31H20N3O.HI/c1-18-15-24-23-9-6-14-34-21(16-19-7-2-3-8-22(19)25-10-4-5-13-32-25)17-20-11-12-26-29(27(20)30(23)34)28(24)31(33-18)35-26;/h2-16H,17H2,1H3;1H/q+1;/b21-16-;. The van der Waals surface area contributed by atoms with Gasteiger partial charge in [-0.2, -0.15) is 4.57 Å². The van der Waals surface area contributed by atoms with Crippen LogP contribution in [0.25, 0.3) is 66.8 Å². The second-order valence-electron chi connectivity index (χ2n) is 9.38. The zero-order valence-electron chi connectivity index (χ0n) is 19.5. The van der Waals surface area contributed by atoms with E-state index >= 15 is 0 Å². The Kier molecular flexibility index (Phi) is 4.66. The zero-order valence-corrected chi connectivity index (χ0v) is 21.7. The highest BCUT2D eigenvalue weighted by atomic mass is 127. The van der Waals surface area contributed by atoms with Crippen LogP contribution in [-0.4, -0.2) is 4.98 Å². The zero-order chi connectivity index (χ0) is 23.1. The molecular formula is C31H21IN3O+. The summed E-state index contributed by atoms with van der Waals surface area (Å²) in [4.78, 5) is 8.11. The quantitative estimate of drug-likeness (QED) is 0.180. The van der Waals surface area contributed by atoms with Gasteiger partial charge in [0.2, 0.25) is 16.9 Å². The van der Waals surface area contributed by atoms with Crippen molar-refractivity contribution in [2.45, 2.75) is 13.3 Å². The molecule has 0 fully saturated rings. The van der Waals surface area contributed by atoms with E-state index in [1.165, 1.54) is 49.4 Å². The fourth-order valence-electron chi connectivity index (χ4n) is 5.88. The summed E-state index contributed by atoms with van der Waals surface area (Å²) in [5.41, 5.74) is 9.94. The molecule has 0 saturated heterocycles. The topological polar surface area (TPSA) is 44.0 Å². The van der Waals surface area contributed by atoms with Crippen molar-refractivity contribution in [3.05, 3.63) is 102 Å². The van der Waals surface area contributed by atoms with E-state index in [0.29, 0.717) is 0 Å². The molecule has 4 aromatic heterocycles. The van der Waals surface area contributed by atoms with Crippen LogP contribution in [0.5, 0.6) is 0 Å². The molecule has 4 nitrogen and oxygen atoms in total. The minimum absolute atomic E-state index is 0. The van der Waals surface area contributed by atoms with E-state index in [9.17, 15) is 0 Å². The molecule has 8 rings (SSSR count). The molecule has 0 atom stereocenters. The molecule has 1 N–H and O–H groups in total. The van der Waals surface area contributed by atoms with Crippen LogP contribution in [0.15, 0.2) is 89.6 Å². The van der Waals surface area contributed by atoms with Crippen LogP contribution in [0.4, 0.5) is 0 Å². The molecule has 0 bridgehead atoms. The lowest BCUT2D eigenvalue weighted by Gasteiger charge is -2.17. The number of halogens is 1. The minimum atomic E-state index is 0. The first-order valence-corrected chi connectivity index (χ1v) is 11.9. The summed E-state index contributed by atoms with van der Waals surface area (Å²) in [5, 5.41) is 6.08. The molecule has 3 aromatic carbocycles. The summed E-state index contributed by atoms with van der Waals surface area (Å²) in [6.07, 6.45) is 7.35. The van der Waals surface area contributed by atoms with E-state index in [1.54, 1.807) is 0 Å². The highest BCUT2D eigenvalue weighted by Gasteiger charge is 2.31. The Balaban J connectivity index is 0.00000220.